The molecule has 0 aliphatic rings. The lowest BCUT2D eigenvalue weighted by atomic mass is 10.2. The Morgan fingerprint density at radius 3 is 2.42 bits per heavy atom. The number of carbonyl (C=O) groups is 3. The van der Waals surface area contributed by atoms with Gasteiger partial charge in [-0.2, -0.15) is 0 Å². The first-order chi connectivity index (χ1) is 11.3. The van der Waals surface area contributed by atoms with E-state index in [4.69, 9.17) is 0 Å². The van der Waals surface area contributed by atoms with Crippen LogP contribution in [0.3, 0.4) is 0 Å². The molecular weight excluding hydrogens is 320 g/mol. The summed E-state index contributed by atoms with van der Waals surface area (Å²) in [6.07, 6.45) is 0.438. The number of halogens is 2. The number of benzene rings is 1. The van der Waals surface area contributed by atoms with Gasteiger partial charge in [0.15, 0.2) is 0 Å². The highest BCUT2D eigenvalue weighted by Gasteiger charge is 2.12. The van der Waals surface area contributed by atoms with E-state index in [1.165, 1.54) is 0 Å². The van der Waals surface area contributed by atoms with E-state index in [9.17, 15) is 23.2 Å². The number of hydrogen-bond acceptors (Lipinski definition) is 3. The first-order valence-corrected chi connectivity index (χ1v) is 7.59. The highest BCUT2D eigenvalue weighted by atomic mass is 19.1. The summed E-state index contributed by atoms with van der Waals surface area (Å²) in [4.78, 5) is 34.6. The average Bonchev–Trinajstić information content (AvgIpc) is 2.48. The van der Waals surface area contributed by atoms with Crippen molar-refractivity contribution in [2.24, 2.45) is 0 Å². The van der Waals surface area contributed by atoms with Crippen LogP contribution < -0.4 is 16.0 Å². The minimum atomic E-state index is -0.943. The van der Waals surface area contributed by atoms with Gasteiger partial charge in [-0.25, -0.2) is 8.78 Å². The summed E-state index contributed by atoms with van der Waals surface area (Å²) in [6.45, 7) is 3.67. The largest absolute Gasteiger partial charge is 0.352 e. The molecule has 132 valence electrons. The molecule has 1 aromatic carbocycles. The van der Waals surface area contributed by atoms with Gasteiger partial charge in [0.25, 0.3) is 5.91 Å². The lowest BCUT2D eigenvalue weighted by Gasteiger charge is -2.09. The highest BCUT2D eigenvalue weighted by Crippen LogP contribution is 2.09. The molecule has 0 heterocycles. The molecule has 6 nitrogen and oxygen atoms in total. The number of rotatable bonds is 8. The molecule has 0 atom stereocenters. The van der Waals surface area contributed by atoms with E-state index in [1.54, 1.807) is 0 Å². The van der Waals surface area contributed by atoms with Crippen LogP contribution >= 0.6 is 0 Å². The average molecular weight is 341 g/mol. The van der Waals surface area contributed by atoms with Gasteiger partial charge in [0, 0.05) is 25.1 Å². The summed E-state index contributed by atoms with van der Waals surface area (Å²) in [5.74, 6) is -2.98. The molecule has 1 rings (SSSR count). The molecule has 0 aromatic heterocycles. The zero-order chi connectivity index (χ0) is 18.1. The Labute approximate surface area is 139 Å². The third kappa shape index (κ3) is 7.17. The van der Waals surface area contributed by atoms with Crippen molar-refractivity contribution in [3.63, 3.8) is 0 Å². The van der Waals surface area contributed by atoms with E-state index < -0.39 is 17.5 Å². The summed E-state index contributed by atoms with van der Waals surface area (Å²) < 4.78 is 26.2. The molecule has 0 bridgehead atoms. The van der Waals surface area contributed by atoms with Crippen molar-refractivity contribution in [3.8, 4) is 0 Å². The molecule has 3 amide bonds. The maximum Gasteiger partial charge on any atom is 0.254 e. The van der Waals surface area contributed by atoms with Gasteiger partial charge in [-0.1, -0.05) is 0 Å². The lowest BCUT2D eigenvalue weighted by molar-refractivity contribution is -0.126. The third-order valence-electron chi connectivity index (χ3n) is 2.94. The predicted octanol–water partition coefficient (Wildman–Crippen LogP) is 1.12. The van der Waals surface area contributed by atoms with Gasteiger partial charge >= 0.3 is 0 Å². The van der Waals surface area contributed by atoms with Crippen molar-refractivity contribution < 1.29 is 23.2 Å². The van der Waals surface area contributed by atoms with Crippen LogP contribution in [-0.4, -0.2) is 36.9 Å². The van der Waals surface area contributed by atoms with Crippen LogP contribution in [0.2, 0.25) is 0 Å². The molecule has 8 heteroatoms. The second-order valence-corrected chi connectivity index (χ2v) is 5.48. The third-order valence-corrected chi connectivity index (χ3v) is 2.94. The molecule has 0 radical (unpaired) electrons. The van der Waals surface area contributed by atoms with Crippen molar-refractivity contribution in [3.05, 3.63) is 35.4 Å². The Bertz CT molecular complexity index is 606. The van der Waals surface area contributed by atoms with Gasteiger partial charge in [-0.15, -0.1) is 0 Å². The zero-order valence-corrected chi connectivity index (χ0v) is 13.6. The molecule has 0 fully saturated rings. The minimum Gasteiger partial charge on any atom is -0.352 e. The lowest BCUT2D eigenvalue weighted by Crippen LogP contribution is -2.39. The fraction of sp³-hybridized carbons (Fsp3) is 0.438. The smallest absolute Gasteiger partial charge is 0.254 e. The van der Waals surface area contributed by atoms with Gasteiger partial charge in [0.05, 0.1) is 12.1 Å². The van der Waals surface area contributed by atoms with Gasteiger partial charge in [-0.05, 0) is 32.4 Å². The fourth-order valence-corrected chi connectivity index (χ4v) is 1.86. The van der Waals surface area contributed by atoms with Crippen LogP contribution in [-0.2, 0) is 9.59 Å². The van der Waals surface area contributed by atoms with E-state index in [2.05, 4.69) is 16.0 Å². The van der Waals surface area contributed by atoms with Crippen LogP contribution in [0.1, 0.15) is 37.0 Å². The van der Waals surface area contributed by atoms with Gasteiger partial charge in [-0.3, -0.25) is 14.4 Å². The van der Waals surface area contributed by atoms with Crippen molar-refractivity contribution in [1.29, 1.82) is 0 Å². The first-order valence-electron chi connectivity index (χ1n) is 7.59. The second-order valence-electron chi connectivity index (χ2n) is 5.48. The van der Waals surface area contributed by atoms with E-state index in [0.717, 1.165) is 12.1 Å². The van der Waals surface area contributed by atoms with Gasteiger partial charge in [0.2, 0.25) is 11.8 Å². The molecule has 0 unspecified atom stereocenters. The molecular formula is C16H21F2N3O3. The fourth-order valence-electron chi connectivity index (χ4n) is 1.86. The van der Waals surface area contributed by atoms with E-state index >= 15 is 0 Å². The maximum absolute atomic E-state index is 13.4. The number of hydrogen-bond donors (Lipinski definition) is 3. The number of nitrogens with one attached hydrogen (secondary N) is 3. The molecule has 0 aliphatic heterocycles. The van der Waals surface area contributed by atoms with Crippen LogP contribution in [0, 0.1) is 11.6 Å². The molecule has 0 saturated carbocycles. The molecule has 0 saturated heterocycles. The number of carbonyl (C=O) groups excluding carboxylic acids is 3. The summed E-state index contributed by atoms with van der Waals surface area (Å²) in [5.41, 5.74) is -0.258. The van der Waals surface area contributed by atoms with Gasteiger partial charge in [0.1, 0.15) is 11.6 Å². The Morgan fingerprint density at radius 1 is 1.08 bits per heavy atom. The second kappa shape index (κ2) is 9.59. The van der Waals surface area contributed by atoms with Crippen molar-refractivity contribution in [1.82, 2.24) is 16.0 Å². The van der Waals surface area contributed by atoms with E-state index in [-0.39, 0.29) is 42.9 Å². The summed E-state index contributed by atoms with van der Waals surface area (Å²) >= 11 is 0. The molecule has 1 aromatic rings. The monoisotopic (exact) mass is 341 g/mol. The Kier molecular flexibility index (Phi) is 7.81. The topological polar surface area (TPSA) is 87.3 Å². The Balaban J connectivity index is 2.24. The van der Waals surface area contributed by atoms with Crippen molar-refractivity contribution >= 4 is 17.7 Å². The van der Waals surface area contributed by atoms with Crippen molar-refractivity contribution in [2.45, 2.75) is 32.7 Å². The van der Waals surface area contributed by atoms with E-state index in [1.807, 2.05) is 13.8 Å². The first kappa shape index (κ1) is 19.5. The van der Waals surface area contributed by atoms with Crippen LogP contribution in [0.15, 0.2) is 18.2 Å². The summed E-state index contributed by atoms with van der Waals surface area (Å²) in [5, 5.41) is 7.54. The molecule has 3 N–H and O–H groups in total. The molecule has 24 heavy (non-hydrogen) atoms. The van der Waals surface area contributed by atoms with Crippen LogP contribution in [0.25, 0.3) is 0 Å². The van der Waals surface area contributed by atoms with E-state index in [0.29, 0.717) is 12.5 Å². The maximum atomic E-state index is 13.4. The molecule has 0 spiro atoms. The predicted molar refractivity (Wildman–Crippen MR) is 84.2 cm³/mol. The van der Waals surface area contributed by atoms with Crippen molar-refractivity contribution in [2.75, 3.05) is 13.1 Å². The summed E-state index contributed by atoms with van der Waals surface area (Å²) in [7, 11) is 0. The van der Waals surface area contributed by atoms with Crippen LogP contribution in [0.5, 0.6) is 0 Å². The SMILES string of the molecule is CC(C)NC(=O)CNC(=O)CCCNC(=O)c1ccc(F)cc1F. The minimum absolute atomic E-state index is 0.00327. The van der Waals surface area contributed by atoms with Crippen LogP contribution in [0.4, 0.5) is 8.78 Å². The number of amides is 3. The highest BCUT2D eigenvalue weighted by molar-refractivity contribution is 5.94. The Hall–Kier alpha value is -2.51. The van der Waals surface area contributed by atoms with Gasteiger partial charge < -0.3 is 16.0 Å². The zero-order valence-electron chi connectivity index (χ0n) is 13.6. The normalized spacial score (nSPS) is 10.4. The standard InChI is InChI=1S/C16H21F2N3O3/c1-10(2)21-15(23)9-20-14(22)4-3-7-19-16(24)12-6-5-11(17)8-13(12)18/h5-6,8,10H,3-4,7,9H2,1-2H3,(H,19,24)(H,20,22)(H,21,23). The summed E-state index contributed by atoms with van der Waals surface area (Å²) in [6, 6.07) is 2.68. The Morgan fingerprint density at radius 2 is 1.79 bits per heavy atom. The molecule has 0 aliphatic carbocycles. The quantitative estimate of drug-likeness (QED) is 0.619.